The molecule has 1 heterocycles. The number of halogens is 5. The third-order valence-corrected chi connectivity index (χ3v) is 6.16. The van der Waals surface area contributed by atoms with E-state index in [1.165, 1.54) is 53.5 Å². The van der Waals surface area contributed by atoms with Gasteiger partial charge >= 0.3 is 12.2 Å². The first kappa shape index (κ1) is 30.9. The lowest BCUT2D eigenvalue weighted by Crippen LogP contribution is -2.50. The molecular formula is C27H22ClF4N7O4. The summed E-state index contributed by atoms with van der Waals surface area (Å²) in [5.41, 5.74) is 0.370. The predicted molar refractivity (Wildman–Crippen MR) is 147 cm³/mol. The van der Waals surface area contributed by atoms with Crippen molar-refractivity contribution in [2.75, 3.05) is 11.9 Å². The Bertz CT molecular complexity index is 1650. The lowest BCUT2D eigenvalue weighted by Gasteiger charge is -2.26. The van der Waals surface area contributed by atoms with Crippen LogP contribution in [0.4, 0.5) is 28.0 Å². The molecule has 0 bridgehead atoms. The Kier molecular flexibility index (Phi) is 9.26. The fourth-order valence-electron chi connectivity index (χ4n) is 3.73. The maximum absolute atomic E-state index is 13.3. The van der Waals surface area contributed by atoms with Crippen molar-refractivity contribution >= 4 is 35.1 Å². The van der Waals surface area contributed by atoms with Crippen LogP contribution >= 0.6 is 11.6 Å². The first-order valence-electron chi connectivity index (χ1n) is 12.3. The molecule has 224 valence electrons. The second-order valence-corrected chi connectivity index (χ2v) is 9.36. The predicted octanol–water partition coefficient (Wildman–Crippen LogP) is 4.48. The molecule has 5 N–H and O–H groups in total. The van der Waals surface area contributed by atoms with Gasteiger partial charge in [0.05, 0.1) is 30.0 Å². The molecule has 0 spiro atoms. The number of aliphatic hydroxyl groups excluding tert-OH is 1. The molecule has 0 saturated carbocycles. The van der Waals surface area contributed by atoms with Gasteiger partial charge in [-0.1, -0.05) is 23.7 Å². The number of alkyl halides is 3. The van der Waals surface area contributed by atoms with E-state index in [-0.39, 0.29) is 28.3 Å². The molecule has 11 nitrogen and oxygen atoms in total. The molecule has 3 aromatic carbocycles. The molecule has 0 aliphatic heterocycles. The molecule has 0 aliphatic rings. The third kappa shape index (κ3) is 7.64. The Balaban J connectivity index is 1.49. The summed E-state index contributed by atoms with van der Waals surface area (Å²) in [6, 6.07) is 13.5. The lowest BCUT2D eigenvalue weighted by atomic mass is 10.1. The van der Waals surface area contributed by atoms with Gasteiger partial charge in [0.1, 0.15) is 23.7 Å². The third-order valence-electron chi connectivity index (χ3n) is 5.91. The van der Waals surface area contributed by atoms with Gasteiger partial charge in [-0.25, -0.2) is 18.9 Å². The van der Waals surface area contributed by atoms with Gasteiger partial charge < -0.3 is 20.8 Å². The zero-order valence-electron chi connectivity index (χ0n) is 21.8. The molecule has 3 amide bonds. The number of carbonyl (C=O) groups is 2. The average molecular weight is 620 g/mol. The zero-order chi connectivity index (χ0) is 31.3. The van der Waals surface area contributed by atoms with Crippen LogP contribution in [0.2, 0.25) is 5.02 Å². The van der Waals surface area contributed by atoms with Gasteiger partial charge in [-0.15, -0.1) is 5.10 Å². The number of hydrogen-bond donors (Lipinski definition) is 5. The number of nitrogens with zero attached hydrogens (tertiary/aromatic N) is 4. The number of aromatic hydroxyl groups is 1. The molecule has 0 radical (unpaired) electrons. The quantitative estimate of drug-likeness (QED) is 0.0847. The fourth-order valence-corrected chi connectivity index (χ4v) is 3.85. The summed E-state index contributed by atoms with van der Waals surface area (Å²) in [6.07, 6.45) is -6.75. The van der Waals surface area contributed by atoms with Crippen LogP contribution in [0.1, 0.15) is 21.7 Å². The molecular weight excluding hydrogens is 598 g/mol. The number of aromatic nitrogens is 3. The van der Waals surface area contributed by atoms with Crippen molar-refractivity contribution < 1.29 is 37.4 Å². The van der Waals surface area contributed by atoms with Crippen molar-refractivity contribution in [3.63, 3.8) is 0 Å². The zero-order valence-corrected chi connectivity index (χ0v) is 22.6. The topological polar surface area (TPSA) is 156 Å². The van der Waals surface area contributed by atoms with E-state index in [4.69, 9.17) is 17.0 Å². The number of amides is 3. The number of carbonyl (C=O) groups excluding carboxylic acids is 2. The Morgan fingerprint density at radius 3 is 2.47 bits per heavy atom. The van der Waals surface area contributed by atoms with Gasteiger partial charge in [-0.05, 0) is 48.5 Å². The number of para-hydroxylation sites is 1. The molecule has 0 aliphatic carbocycles. The number of hydrogen-bond acceptors (Lipinski definition) is 7. The number of anilines is 1. The molecule has 4 aromatic rings. The van der Waals surface area contributed by atoms with Crippen LogP contribution in [-0.4, -0.2) is 66.5 Å². The maximum atomic E-state index is 13.3. The molecule has 0 saturated heterocycles. The molecule has 0 fully saturated rings. The van der Waals surface area contributed by atoms with Crippen molar-refractivity contribution in [1.82, 2.24) is 25.0 Å². The Hall–Kier alpha value is -5.02. The van der Waals surface area contributed by atoms with Crippen LogP contribution in [0.5, 0.6) is 5.75 Å². The van der Waals surface area contributed by atoms with Crippen molar-refractivity contribution in [3.05, 3.63) is 101 Å². The van der Waals surface area contributed by atoms with Crippen LogP contribution in [-0.2, 0) is 6.54 Å². The Morgan fingerprint density at radius 2 is 1.79 bits per heavy atom. The number of phenolic OH excluding ortho intramolecular Hbond substituents is 1. The van der Waals surface area contributed by atoms with E-state index >= 15 is 0 Å². The minimum atomic E-state index is -5.05. The van der Waals surface area contributed by atoms with Crippen molar-refractivity contribution in [2.45, 2.75) is 18.8 Å². The fraction of sp³-hybridized carbons (Fsp3) is 0.148. The summed E-state index contributed by atoms with van der Waals surface area (Å²) >= 11 is 5.83. The number of benzene rings is 3. The number of amidine groups is 1. The van der Waals surface area contributed by atoms with Crippen LogP contribution in [0.3, 0.4) is 0 Å². The van der Waals surface area contributed by atoms with Crippen molar-refractivity contribution in [1.29, 1.82) is 5.41 Å². The van der Waals surface area contributed by atoms with Gasteiger partial charge in [0.15, 0.2) is 11.9 Å². The molecule has 0 unspecified atom stereocenters. The summed E-state index contributed by atoms with van der Waals surface area (Å²) in [5.74, 6) is -2.47. The number of nitrogens with one attached hydrogen (secondary N) is 3. The minimum absolute atomic E-state index is 0.00548. The van der Waals surface area contributed by atoms with Gasteiger partial charge in [0.2, 0.25) is 0 Å². The summed E-state index contributed by atoms with van der Waals surface area (Å²) in [4.78, 5) is 30.3. The van der Waals surface area contributed by atoms with Crippen LogP contribution in [0, 0.1) is 11.2 Å². The normalized spacial score (nSPS) is 12.0. The smallest absolute Gasteiger partial charge is 0.416 e. The highest BCUT2D eigenvalue weighted by Gasteiger charge is 2.41. The molecule has 1 aromatic heterocycles. The Morgan fingerprint density at radius 1 is 1.09 bits per heavy atom. The van der Waals surface area contributed by atoms with Gasteiger partial charge in [-0.2, -0.15) is 13.2 Å². The van der Waals surface area contributed by atoms with Gasteiger partial charge in [-0.3, -0.25) is 15.1 Å². The Labute approximate surface area is 245 Å². The van der Waals surface area contributed by atoms with E-state index in [0.717, 1.165) is 12.1 Å². The molecule has 4 rings (SSSR count). The number of aliphatic hydroxyl groups is 1. The van der Waals surface area contributed by atoms with Crippen LogP contribution < -0.4 is 10.6 Å². The summed E-state index contributed by atoms with van der Waals surface area (Å²) in [6.45, 7) is -1.65. The minimum Gasteiger partial charge on any atom is -0.506 e. The highest BCUT2D eigenvalue weighted by Crippen LogP contribution is 2.25. The number of phenols is 1. The van der Waals surface area contributed by atoms with E-state index in [9.17, 15) is 37.4 Å². The molecule has 43 heavy (non-hydrogen) atoms. The number of urea groups is 1. The van der Waals surface area contributed by atoms with Gasteiger partial charge in [0.25, 0.3) is 5.91 Å². The van der Waals surface area contributed by atoms with Crippen LogP contribution in [0.15, 0.2) is 73.1 Å². The first-order chi connectivity index (χ1) is 20.3. The second-order valence-electron chi connectivity index (χ2n) is 8.92. The summed E-state index contributed by atoms with van der Waals surface area (Å²) in [7, 11) is 0. The highest BCUT2D eigenvalue weighted by atomic mass is 35.5. The van der Waals surface area contributed by atoms with E-state index in [1.54, 1.807) is 12.1 Å². The van der Waals surface area contributed by atoms with E-state index in [0.29, 0.717) is 9.92 Å². The average Bonchev–Trinajstić information content (AvgIpc) is 3.44. The molecule has 16 heteroatoms. The SMILES string of the molecule is N=C(c1ccc(Cl)cc1)N(C[C@H](O)C(F)(F)F)C(=O)NCc1ncn(-c2ccccc2C(=O)Nc2ccc(F)cc2O)n1. The van der Waals surface area contributed by atoms with E-state index < -0.39 is 54.7 Å². The van der Waals surface area contributed by atoms with E-state index in [1.807, 2.05) is 0 Å². The first-order valence-corrected chi connectivity index (χ1v) is 12.7. The number of rotatable bonds is 8. The largest absolute Gasteiger partial charge is 0.506 e. The van der Waals surface area contributed by atoms with Crippen molar-refractivity contribution in [3.8, 4) is 11.4 Å². The lowest BCUT2D eigenvalue weighted by molar-refractivity contribution is -0.204. The van der Waals surface area contributed by atoms with Gasteiger partial charge in [0, 0.05) is 16.7 Å². The maximum Gasteiger partial charge on any atom is 0.416 e. The second kappa shape index (κ2) is 12.9. The summed E-state index contributed by atoms with van der Waals surface area (Å²) < 4.78 is 53.7. The standard InChI is InChI=1S/C27H22ClF4N7O4/c28-16-7-5-15(6-8-16)24(33)38(13-22(41)27(30,31)32)26(43)34-12-23-35-14-39(37-23)20-4-2-1-3-18(20)25(42)36-19-10-9-17(29)11-21(19)40/h1-11,14,22,33,40-41H,12-13H2,(H,34,43)(H,36,42)/t22-/m0/s1. The van der Waals surface area contributed by atoms with Crippen molar-refractivity contribution in [2.24, 2.45) is 0 Å². The highest BCUT2D eigenvalue weighted by molar-refractivity contribution is 6.30. The monoisotopic (exact) mass is 619 g/mol. The van der Waals surface area contributed by atoms with Crippen LogP contribution in [0.25, 0.3) is 5.69 Å². The molecule has 1 atom stereocenters. The summed E-state index contributed by atoms with van der Waals surface area (Å²) in [5, 5.41) is 37.1. The van der Waals surface area contributed by atoms with E-state index in [2.05, 4.69) is 20.7 Å².